The van der Waals surface area contributed by atoms with E-state index in [0.717, 1.165) is 18.8 Å². The van der Waals surface area contributed by atoms with E-state index < -0.39 is 0 Å². The average molecular weight is 288 g/mol. The monoisotopic (exact) mass is 288 g/mol. The van der Waals surface area contributed by atoms with Crippen molar-refractivity contribution in [3.05, 3.63) is 53.9 Å². The molecule has 0 bridgehead atoms. The first-order valence-electron chi connectivity index (χ1n) is 6.80. The lowest BCUT2D eigenvalue weighted by molar-refractivity contribution is 0.609. The number of benzene rings is 1. The van der Waals surface area contributed by atoms with Gasteiger partial charge in [-0.05, 0) is 37.7 Å². The second-order valence-corrected chi connectivity index (χ2v) is 5.04. The predicted molar refractivity (Wildman–Crippen MR) is 85.3 cm³/mol. The zero-order chi connectivity index (χ0) is 14.4. The van der Waals surface area contributed by atoms with Crippen LogP contribution in [0.2, 0.25) is 0 Å². The van der Waals surface area contributed by atoms with Gasteiger partial charge in [0, 0.05) is 19.3 Å². The summed E-state index contributed by atoms with van der Waals surface area (Å²) in [5.41, 5.74) is 2.20. The third-order valence-corrected chi connectivity index (χ3v) is 3.33. The molecule has 0 saturated heterocycles. The Labute approximate surface area is 125 Å². The Kier molecular flexibility index (Phi) is 5.12. The molecule has 0 spiro atoms. The molecule has 0 saturated carbocycles. The van der Waals surface area contributed by atoms with Crippen LogP contribution in [0.15, 0.2) is 42.6 Å². The van der Waals surface area contributed by atoms with E-state index in [4.69, 9.17) is 12.2 Å². The van der Waals surface area contributed by atoms with E-state index in [-0.39, 0.29) is 6.04 Å². The number of hydrogen-bond acceptors (Lipinski definition) is 2. The molecule has 2 N–H and O–H groups in total. The van der Waals surface area contributed by atoms with E-state index in [1.54, 1.807) is 0 Å². The van der Waals surface area contributed by atoms with Crippen molar-refractivity contribution in [3.8, 4) is 0 Å². The number of aryl methyl sites for hydroxylation is 1. The SMILES string of the molecule is CCn1ccc(C(C)NC(=S)NCc2ccccc2)n1. The molecule has 2 aromatic rings. The van der Waals surface area contributed by atoms with Gasteiger partial charge in [0.25, 0.3) is 0 Å². The predicted octanol–water partition coefficient (Wildman–Crippen LogP) is 2.63. The third-order valence-electron chi connectivity index (χ3n) is 3.07. The van der Waals surface area contributed by atoms with Gasteiger partial charge in [-0.2, -0.15) is 5.10 Å². The van der Waals surface area contributed by atoms with Gasteiger partial charge >= 0.3 is 0 Å². The van der Waals surface area contributed by atoms with Crippen LogP contribution in [0.3, 0.4) is 0 Å². The highest BCUT2D eigenvalue weighted by molar-refractivity contribution is 7.80. The lowest BCUT2D eigenvalue weighted by atomic mass is 10.2. The molecule has 106 valence electrons. The molecule has 20 heavy (non-hydrogen) atoms. The summed E-state index contributed by atoms with van der Waals surface area (Å²) in [6.45, 7) is 5.73. The number of thiocarbonyl (C=S) groups is 1. The number of hydrogen-bond donors (Lipinski definition) is 2. The summed E-state index contributed by atoms with van der Waals surface area (Å²) >= 11 is 5.31. The second kappa shape index (κ2) is 7.05. The van der Waals surface area contributed by atoms with Gasteiger partial charge < -0.3 is 10.6 Å². The molecule has 0 amide bonds. The van der Waals surface area contributed by atoms with Gasteiger partial charge in [-0.1, -0.05) is 30.3 Å². The maximum absolute atomic E-state index is 5.31. The Hall–Kier alpha value is -1.88. The van der Waals surface area contributed by atoms with Crippen LogP contribution in [0, 0.1) is 0 Å². The quantitative estimate of drug-likeness (QED) is 0.830. The van der Waals surface area contributed by atoms with E-state index >= 15 is 0 Å². The maximum Gasteiger partial charge on any atom is 0.167 e. The van der Waals surface area contributed by atoms with E-state index in [1.807, 2.05) is 35.1 Å². The van der Waals surface area contributed by atoms with Gasteiger partial charge in [-0.25, -0.2) is 0 Å². The highest BCUT2D eigenvalue weighted by atomic mass is 32.1. The van der Waals surface area contributed by atoms with Gasteiger partial charge in [0.05, 0.1) is 11.7 Å². The molecule has 0 radical (unpaired) electrons. The minimum absolute atomic E-state index is 0.0959. The molecule has 1 heterocycles. The number of aromatic nitrogens is 2. The highest BCUT2D eigenvalue weighted by Crippen LogP contribution is 2.08. The fourth-order valence-corrected chi connectivity index (χ4v) is 2.13. The van der Waals surface area contributed by atoms with Crippen LogP contribution in [-0.4, -0.2) is 14.9 Å². The molecule has 0 fully saturated rings. The number of nitrogens with one attached hydrogen (secondary N) is 2. The summed E-state index contributed by atoms with van der Waals surface area (Å²) < 4.78 is 1.91. The Morgan fingerprint density at radius 3 is 2.70 bits per heavy atom. The van der Waals surface area contributed by atoms with Crippen LogP contribution < -0.4 is 10.6 Å². The highest BCUT2D eigenvalue weighted by Gasteiger charge is 2.09. The molecular weight excluding hydrogens is 268 g/mol. The van der Waals surface area contributed by atoms with Crippen molar-refractivity contribution in [2.24, 2.45) is 0 Å². The molecule has 1 aromatic heterocycles. The minimum Gasteiger partial charge on any atom is -0.359 e. The average Bonchev–Trinajstić information content (AvgIpc) is 2.95. The van der Waals surface area contributed by atoms with Crippen molar-refractivity contribution < 1.29 is 0 Å². The molecule has 5 heteroatoms. The summed E-state index contributed by atoms with van der Waals surface area (Å²) in [5, 5.41) is 11.6. The van der Waals surface area contributed by atoms with Gasteiger partial charge in [-0.3, -0.25) is 4.68 Å². The lowest BCUT2D eigenvalue weighted by Crippen LogP contribution is -2.36. The van der Waals surface area contributed by atoms with Crippen molar-refractivity contribution in [3.63, 3.8) is 0 Å². The van der Waals surface area contributed by atoms with Crippen molar-refractivity contribution in [1.82, 2.24) is 20.4 Å². The first-order chi connectivity index (χ1) is 9.69. The van der Waals surface area contributed by atoms with Gasteiger partial charge in [-0.15, -0.1) is 0 Å². The van der Waals surface area contributed by atoms with Crippen LogP contribution >= 0.6 is 12.2 Å². The summed E-state index contributed by atoms with van der Waals surface area (Å²) in [7, 11) is 0. The topological polar surface area (TPSA) is 41.9 Å². The zero-order valence-corrected chi connectivity index (χ0v) is 12.7. The fourth-order valence-electron chi connectivity index (χ4n) is 1.88. The Morgan fingerprint density at radius 2 is 2.05 bits per heavy atom. The van der Waals surface area contributed by atoms with Crippen LogP contribution in [0.4, 0.5) is 0 Å². The van der Waals surface area contributed by atoms with E-state index in [1.165, 1.54) is 5.56 Å². The lowest BCUT2D eigenvalue weighted by Gasteiger charge is -2.15. The van der Waals surface area contributed by atoms with E-state index in [9.17, 15) is 0 Å². The first-order valence-corrected chi connectivity index (χ1v) is 7.21. The van der Waals surface area contributed by atoms with Crippen molar-refractivity contribution in [1.29, 1.82) is 0 Å². The molecular formula is C15H20N4S. The Morgan fingerprint density at radius 1 is 1.30 bits per heavy atom. The molecule has 1 atom stereocenters. The van der Waals surface area contributed by atoms with Gasteiger partial charge in [0.15, 0.2) is 5.11 Å². The van der Waals surface area contributed by atoms with Crippen LogP contribution in [0.5, 0.6) is 0 Å². The molecule has 0 aliphatic rings. The normalized spacial score (nSPS) is 11.9. The first kappa shape index (κ1) is 14.5. The second-order valence-electron chi connectivity index (χ2n) is 4.63. The van der Waals surface area contributed by atoms with Crippen molar-refractivity contribution in [2.75, 3.05) is 0 Å². The molecule has 2 rings (SSSR count). The fraction of sp³-hybridized carbons (Fsp3) is 0.333. The number of rotatable bonds is 5. The molecule has 0 aliphatic carbocycles. The molecule has 1 aromatic carbocycles. The standard InChI is InChI=1S/C15H20N4S/c1-3-19-10-9-14(18-19)12(2)17-15(20)16-11-13-7-5-4-6-8-13/h4-10,12H,3,11H2,1-2H3,(H2,16,17,20). The summed E-state index contributed by atoms with van der Waals surface area (Å²) in [4.78, 5) is 0. The Balaban J connectivity index is 1.82. The van der Waals surface area contributed by atoms with Crippen molar-refractivity contribution >= 4 is 17.3 Å². The molecule has 4 nitrogen and oxygen atoms in total. The zero-order valence-electron chi connectivity index (χ0n) is 11.8. The molecule has 1 unspecified atom stereocenters. The molecule has 0 aliphatic heterocycles. The van der Waals surface area contributed by atoms with Crippen molar-refractivity contribution in [2.45, 2.75) is 33.0 Å². The summed E-state index contributed by atoms with van der Waals surface area (Å²) in [6.07, 6.45) is 1.98. The minimum atomic E-state index is 0.0959. The largest absolute Gasteiger partial charge is 0.359 e. The smallest absolute Gasteiger partial charge is 0.167 e. The third kappa shape index (κ3) is 4.06. The van der Waals surface area contributed by atoms with E-state index in [0.29, 0.717) is 5.11 Å². The maximum atomic E-state index is 5.31. The van der Waals surface area contributed by atoms with E-state index in [2.05, 4.69) is 41.7 Å². The van der Waals surface area contributed by atoms with Gasteiger partial charge in [0.1, 0.15) is 0 Å². The van der Waals surface area contributed by atoms with Crippen LogP contribution in [-0.2, 0) is 13.1 Å². The summed E-state index contributed by atoms with van der Waals surface area (Å²) in [6, 6.07) is 12.3. The van der Waals surface area contributed by atoms with Gasteiger partial charge in [0.2, 0.25) is 0 Å². The van der Waals surface area contributed by atoms with Crippen LogP contribution in [0.1, 0.15) is 31.1 Å². The summed E-state index contributed by atoms with van der Waals surface area (Å²) in [5.74, 6) is 0. The van der Waals surface area contributed by atoms with Crippen LogP contribution in [0.25, 0.3) is 0 Å². The Bertz CT molecular complexity index is 550. The number of nitrogens with zero attached hydrogens (tertiary/aromatic N) is 2.